The van der Waals surface area contributed by atoms with Crippen molar-refractivity contribution in [2.24, 2.45) is 11.3 Å². The van der Waals surface area contributed by atoms with Crippen molar-refractivity contribution >= 4 is 15.9 Å². The fourth-order valence-corrected chi connectivity index (χ4v) is 4.65. The quantitative estimate of drug-likeness (QED) is 0.820. The van der Waals surface area contributed by atoms with Gasteiger partial charge in [0.2, 0.25) is 10.0 Å². The van der Waals surface area contributed by atoms with Gasteiger partial charge in [0, 0.05) is 11.6 Å². The summed E-state index contributed by atoms with van der Waals surface area (Å²) < 4.78 is 31.8. The summed E-state index contributed by atoms with van der Waals surface area (Å²) in [5, 5.41) is 3.13. The zero-order chi connectivity index (χ0) is 19.5. The molecule has 146 valence electrons. The first-order valence-corrected chi connectivity index (χ1v) is 10.5. The third-order valence-corrected chi connectivity index (χ3v) is 6.61. The van der Waals surface area contributed by atoms with E-state index in [4.69, 9.17) is 4.74 Å². The first kappa shape index (κ1) is 20.7. The minimum absolute atomic E-state index is 0.0360. The van der Waals surface area contributed by atoms with Gasteiger partial charge in [-0.05, 0) is 49.4 Å². The van der Waals surface area contributed by atoms with E-state index in [0.717, 1.165) is 19.3 Å². The molecule has 0 spiro atoms. The number of ether oxygens (including phenoxy) is 1. The van der Waals surface area contributed by atoms with Crippen LogP contribution in [-0.4, -0.2) is 34.5 Å². The summed E-state index contributed by atoms with van der Waals surface area (Å²) in [6, 6.07) is 4.58. The maximum Gasteiger partial charge on any atom is 0.251 e. The molecule has 0 aromatic heterocycles. The third kappa shape index (κ3) is 4.57. The van der Waals surface area contributed by atoms with Crippen LogP contribution >= 0.6 is 0 Å². The molecule has 26 heavy (non-hydrogen) atoms. The van der Waals surface area contributed by atoms with Gasteiger partial charge in [-0.1, -0.05) is 33.6 Å². The zero-order valence-electron chi connectivity index (χ0n) is 16.3. The van der Waals surface area contributed by atoms with E-state index in [1.54, 1.807) is 6.07 Å². The predicted octanol–water partition coefficient (Wildman–Crippen LogP) is 2.94. The molecular weight excluding hydrogens is 352 g/mol. The smallest absolute Gasteiger partial charge is 0.251 e. The summed E-state index contributed by atoms with van der Waals surface area (Å²) in [5.74, 6) is 0.362. The van der Waals surface area contributed by atoms with Gasteiger partial charge in [0.1, 0.15) is 10.6 Å². The average molecular weight is 383 g/mol. The van der Waals surface area contributed by atoms with Gasteiger partial charge in [0.15, 0.2) is 0 Å². The Bertz CT molecular complexity index is 753. The lowest BCUT2D eigenvalue weighted by Crippen LogP contribution is -2.46. The van der Waals surface area contributed by atoms with Crippen LogP contribution in [0.2, 0.25) is 0 Å². The third-order valence-electron chi connectivity index (χ3n) is 5.18. The molecule has 0 bridgehead atoms. The van der Waals surface area contributed by atoms with E-state index < -0.39 is 10.0 Å². The van der Waals surface area contributed by atoms with Gasteiger partial charge >= 0.3 is 0 Å². The van der Waals surface area contributed by atoms with Crippen LogP contribution in [0.5, 0.6) is 5.75 Å². The van der Waals surface area contributed by atoms with E-state index in [9.17, 15) is 13.2 Å². The fourth-order valence-electron chi connectivity index (χ4n) is 3.73. The normalized spacial score (nSPS) is 21.3. The topological polar surface area (TPSA) is 84.5 Å². The molecule has 1 aromatic rings. The molecule has 1 aliphatic rings. The van der Waals surface area contributed by atoms with Crippen molar-refractivity contribution in [1.82, 2.24) is 10.0 Å². The fraction of sp³-hybridized carbons (Fsp3) is 0.632. The Morgan fingerprint density at radius 2 is 1.85 bits per heavy atom. The van der Waals surface area contributed by atoms with Gasteiger partial charge in [0.25, 0.3) is 5.91 Å². The minimum Gasteiger partial charge on any atom is -0.495 e. The monoisotopic (exact) mass is 382 g/mol. The first-order chi connectivity index (χ1) is 12.1. The Morgan fingerprint density at radius 3 is 2.42 bits per heavy atom. The number of benzene rings is 1. The minimum atomic E-state index is -3.72. The van der Waals surface area contributed by atoms with Crippen LogP contribution in [0.25, 0.3) is 0 Å². The van der Waals surface area contributed by atoms with Gasteiger partial charge < -0.3 is 10.1 Å². The molecule has 0 radical (unpaired) electrons. The Balaban J connectivity index is 2.28. The van der Waals surface area contributed by atoms with Crippen molar-refractivity contribution in [3.8, 4) is 5.75 Å². The molecule has 1 aromatic carbocycles. The Labute approximate surface area is 156 Å². The van der Waals surface area contributed by atoms with E-state index in [0.29, 0.717) is 11.5 Å². The van der Waals surface area contributed by atoms with Crippen LogP contribution in [0.4, 0.5) is 0 Å². The second-order valence-corrected chi connectivity index (χ2v) is 9.77. The van der Waals surface area contributed by atoms with Crippen molar-refractivity contribution in [3.05, 3.63) is 23.8 Å². The molecule has 2 rings (SSSR count). The highest BCUT2D eigenvalue weighted by atomic mass is 32.2. The highest BCUT2D eigenvalue weighted by Gasteiger charge is 2.35. The second kappa shape index (κ2) is 7.96. The first-order valence-electron chi connectivity index (χ1n) is 9.02. The summed E-state index contributed by atoms with van der Waals surface area (Å²) in [6.45, 7) is 6.60. The number of carbonyl (C=O) groups is 1. The molecule has 2 atom stereocenters. The van der Waals surface area contributed by atoms with Crippen LogP contribution in [0.15, 0.2) is 23.1 Å². The van der Waals surface area contributed by atoms with Crippen molar-refractivity contribution < 1.29 is 17.9 Å². The average Bonchev–Trinajstić information content (AvgIpc) is 2.60. The SMILES string of the molecule is CNS(=O)(=O)c1cc(C(=O)NC2CCCCC2C(C)(C)C)ccc1OC. The van der Waals surface area contributed by atoms with Crippen molar-refractivity contribution in [2.45, 2.75) is 57.4 Å². The van der Waals surface area contributed by atoms with Crippen molar-refractivity contribution in [2.75, 3.05) is 14.2 Å². The number of hydrogen-bond acceptors (Lipinski definition) is 4. The Morgan fingerprint density at radius 1 is 1.19 bits per heavy atom. The molecule has 1 saturated carbocycles. The maximum atomic E-state index is 12.8. The van der Waals surface area contributed by atoms with Crippen LogP contribution in [0.1, 0.15) is 56.8 Å². The van der Waals surface area contributed by atoms with E-state index >= 15 is 0 Å². The molecule has 7 heteroatoms. The molecule has 2 unspecified atom stereocenters. The van der Waals surface area contributed by atoms with Crippen LogP contribution < -0.4 is 14.8 Å². The number of methoxy groups -OCH3 is 1. The van der Waals surface area contributed by atoms with Crippen molar-refractivity contribution in [1.29, 1.82) is 0 Å². The maximum absolute atomic E-state index is 12.8. The molecule has 0 heterocycles. The van der Waals surface area contributed by atoms with Gasteiger partial charge in [-0.25, -0.2) is 13.1 Å². The molecule has 0 saturated heterocycles. The van der Waals surface area contributed by atoms with E-state index in [1.165, 1.54) is 32.7 Å². The number of sulfonamides is 1. The Kier molecular flexibility index (Phi) is 6.34. The van der Waals surface area contributed by atoms with Gasteiger partial charge in [0.05, 0.1) is 7.11 Å². The van der Waals surface area contributed by atoms with E-state index in [2.05, 4.69) is 30.8 Å². The number of amides is 1. The molecule has 0 aliphatic heterocycles. The molecule has 1 fully saturated rings. The molecule has 6 nitrogen and oxygen atoms in total. The van der Waals surface area contributed by atoms with E-state index in [1.807, 2.05) is 0 Å². The number of rotatable bonds is 5. The van der Waals surface area contributed by atoms with Gasteiger partial charge in [-0.2, -0.15) is 0 Å². The Hall–Kier alpha value is -1.60. The number of carbonyl (C=O) groups excluding carboxylic acids is 1. The summed E-state index contributed by atoms with van der Waals surface area (Å²) in [6.07, 6.45) is 4.32. The van der Waals surface area contributed by atoms with Crippen LogP contribution in [0, 0.1) is 11.3 Å². The lowest BCUT2D eigenvalue weighted by molar-refractivity contribution is 0.0830. The summed E-state index contributed by atoms with van der Waals surface area (Å²) in [4.78, 5) is 12.7. The number of hydrogen-bond donors (Lipinski definition) is 2. The summed E-state index contributed by atoms with van der Waals surface area (Å²) >= 11 is 0. The standard InChI is InChI=1S/C19H30N2O4S/c1-19(2,3)14-8-6-7-9-15(14)21-18(22)13-10-11-16(25-5)17(12-13)26(23,24)20-4/h10-12,14-15,20H,6-9H2,1-5H3,(H,21,22). The predicted molar refractivity (Wildman–Crippen MR) is 102 cm³/mol. The van der Waals surface area contributed by atoms with Gasteiger partial charge in [-0.15, -0.1) is 0 Å². The molecule has 1 aliphatic carbocycles. The largest absolute Gasteiger partial charge is 0.495 e. The van der Waals surface area contributed by atoms with E-state index in [-0.39, 0.29) is 28.0 Å². The highest BCUT2D eigenvalue weighted by Crippen LogP contribution is 2.38. The van der Waals surface area contributed by atoms with Crippen molar-refractivity contribution in [3.63, 3.8) is 0 Å². The summed E-state index contributed by atoms with van der Waals surface area (Å²) in [5.41, 5.74) is 0.427. The second-order valence-electron chi connectivity index (χ2n) is 7.91. The molecular formula is C19H30N2O4S. The lowest BCUT2D eigenvalue weighted by Gasteiger charge is -2.40. The molecule has 2 N–H and O–H groups in total. The van der Waals surface area contributed by atoms with Crippen LogP contribution in [-0.2, 0) is 10.0 Å². The summed E-state index contributed by atoms with van der Waals surface area (Å²) in [7, 11) is -0.986. The highest BCUT2D eigenvalue weighted by molar-refractivity contribution is 7.89. The van der Waals surface area contributed by atoms with Crippen LogP contribution in [0.3, 0.4) is 0 Å². The zero-order valence-corrected chi connectivity index (χ0v) is 17.1. The number of nitrogens with one attached hydrogen (secondary N) is 2. The van der Waals surface area contributed by atoms with Gasteiger partial charge in [-0.3, -0.25) is 4.79 Å². The molecule has 1 amide bonds. The lowest BCUT2D eigenvalue weighted by atomic mass is 9.69.